The fourth-order valence-electron chi connectivity index (χ4n) is 3.77. The van der Waals surface area contributed by atoms with Crippen molar-refractivity contribution in [3.63, 3.8) is 0 Å². The van der Waals surface area contributed by atoms with E-state index in [9.17, 15) is 0 Å². The fourth-order valence-corrected chi connectivity index (χ4v) is 4.31. The Bertz CT molecular complexity index is 1330. The third kappa shape index (κ3) is 2.92. The van der Waals surface area contributed by atoms with Crippen LogP contribution in [0.25, 0.3) is 45.4 Å². The first-order valence-electron chi connectivity index (χ1n) is 9.58. The van der Waals surface area contributed by atoms with Crippen LogP contribution in [0.3, 0.4) is 0 Å². The molecule has 0 bridgehead atoms. The zero-order valence-electron chi connectivity index (χ0n) is 16.1. The maximum atomic E-state index is 5.61. The Morgan fingerprint density at radius 3 is 3.07 bits per heavy atom. The molecule has 150 valence electrons. The number of aromatic amines is 1. The molecule has 9 nitrogen and oxygen atoms in total. The number of nitrogens with one attached hydrogen (secondary N) is 1. The molecule has 1 unspecified atom stereocenters. The van der Waals surface area contributed by atoms with Crippen LogP contribution in [0.2, 0.25) is 0 Å². The molecule has 1 aliphatic rings. The fraction of sp³-hybridized carbons (Fsp3) is 0.250. The highest BCUT2D eigenvalue weighted by Crippen LogP contribution is 2.33. The number of aryl methyl sites for hydroxylation is 1. The number of fused-ring (bicyclic) bond motifs is 1. The first-order valence-corrected chi connectivity index (χ1v) is 10.5. The van der Waals surface area contributed by atoms with E-state index in [4.69, 9.17) is 9.26 Å². The Labute approximate surface area is 174 Å². The lowest BCUT2D eigenvalue weighted by Gasteiger charge is -2.04. The number of ether oxygens (including phenoxy) is 1. The van der Waals surface area contributed by atoms with E-state index in [-0.39, 0.29) is 5.92 Å². The van der Waals surface area contributed by atoms with Gasteiger partial charge in [-0.2, -0.15) is 10.1 Å². The van der Waals surface area contributed by atoms with Crippen molar-refractivity contribution in [2.24, 2.45) is 7.05 Å². The average molecular weight is 419 g/mol. The third-order valence-electron chi connectivity index (χ3n) is 5.25. The van der Waals surface area contributed by atoms with Gasteiger partial charge in [0.15, 0.2) is 5.82 Å². The van der Waals surface area contributed by atoms with Gasteiger partial charge in [-0.05, 0) is 24.6 Å². The predicted molar refractivity (Wildman–Crippen MR) is 111 cm³/mol. The molecule has 0 aliphatic carbocycles. The Balaban J connectivity index is 1.36. The van der Waals surface area contributed by atoms with Crippen LogP contribution in [0.15, 0.2) is 39.8 Å². The van der Waals surface area contributed by atoms with E-state index < -0.39 is 0 Å². The van der Waals surface area contributed by atoms with Gasteiger partial charge in [-0.3, -0.25) is 4.68 Å². The van der Waals surface area contributed by atoms with Gasteiger partial charge in [0.1, 0.15) is 5.69 Å². The minimum absolute atomic E-state index is 0.252. The number of hydrogen-bond donors (Lipinski definition) is 1. The lowest BCUT2D eigenvalue weighted by molar-refractivity contribution is 0.193. The van der Waals surface area contributed by atoms with Crippen molar-refractivity contribution in [1.82, 2.24) is 34.9 Å². The Hall–Kier alpha value is -3.37. The number of aromatic nitrogens is 7. The molecule has 0 radical (unpaired) electrons. The lowest BCUT2D eigenvalue weighted by Crippen LogP contribution is -2.01. The molecule has 30 heavy (non-hydrogen) atoms. The molecule has 5 heterocycles. The molecule has 4 aromatic heterocycles. The summed E-state index contributed by atoms with van der Waals surface area (Å²) in [5, 5.41) is 10.8. The van der Waals surface area contributed by atoms with Crippen LogP contribution in [0.4, 0.5) is 0 Å². The minimum atomic E-state index is 0.252. The van der Waals surface area contributed by atoms with Gasteiger partial charge in [-0.15, -0.1) is 11.3 Å². The molecule has 0 spiro atoms. The highest BCUT2D eigenvalue weighted by Gasteiger charge is 2.27. The Morgan fingerprint density at radius 1 is 1.27 bits per heavy atom. The number of hydrogen-bond acceptors (Lipinski definition) is 8. The van der Waals surface area contributed by atoms with Crippen molar-refractivity contribution in [3.05, 3.63) is 41.0 Å². The summed E-state index contributed by atoms with van der Waals surface area (Å²) in [5.74, 6) is 1.99. The predicted octanol–water partition coefficient (Wildman–Crippen LogP) is 3.64. The highest BCUT2D eigenvalue weighted by atomic mass is 32.1. The smallest absolute Gasteiger partial charge is 0.261 e. The maximum absolute atomic E-state index is 5.61. The number of thiazole rings is 1. The van der Waals surface area contributed by atoms with E-state index in [1.54, 1.807) is 10.2 Å². The summed E-state index contributed by atoms with van der Waals surface area (Å²) in [7, 11) is 1.90. The molecule has 6 rings (SSSR count). The monoisotopic (exact) mass is 419 g/mol. The SMILES string of the molecule is Cn1cc(-c2nc(-c3ccc4nc(-c5cscn5)[nH]c4c3)no2)c(C2CCOC2)n1. The summed E-state index contributed by atoms with van der Waals surface area (Å²) in [6.07, 6.45) is 2.87. The van der Waals surface area contributed by atoms with E-state index in [1.165, 1.54) is 11.3 Å². The summed E-state index contributed by atoms with van der Waals surface area (Å²) in [4.78, 5) is 16.9. The van der Waals surface area contributed by atoms with Gasteiger partial charge in [-0.25, -0.2) is 9.97 Å². The highest BCUT2D eigenvalue weighted by molar-refractivity contribution is 7.07. The Kier molecular flexibility index (Phi) is 3.99. The standard InChI is InChI=1S/C20H17N7O2S/c1-27-7-13(17(25-27)12-4-5-28-8-12)20-24-18(26-29-20)11-2-3-14-15(6-11)23-19(22-14)16-9-30-10-21-16/h2-3,6-7,9-10,12H,4-5,8H2,1H3,(H,22,23). The quantitative estimate of drug-likeness (QED) is 0.474. The molecule has 0 saturated carbocycles. The van der Waals surface area contributed by atoms with Crippen molar-refractivity contribution < 1.29 is 9.26 Å². The molecule has 0 amide bonds. The van der Waals surface area contributed by atoms with Gasteiger partial charge in [0.05, 0.1) is 34.4 Å². The van der Waals surface area contributed by atoms with E-state index in [0.29, 0.717) is 18.3 Å². The van der Waals surface area contributed by atoms with Crippen molar-refractivity contribution >= 4 is 22.4 Å². The van der Waals surface area contributed by atoms with Crippen LogP contribution in [0.5, 0.6) is 0 Å². The second-order valence-corrected chi connectivity index (χ2v) is 8.00. The van der Waals surface area contributed by atoms with Crippen LogP contribution < -0.4 is 0 Å². The molecule has 1 N–H and O–H groups in total. The van der Waals surface area contributed by atoms with Crippen molar-refractivity contribution in [2.75, 3.05) is 13.2 Å². The average Bonchev–Trinajstić information content (AvgIpc) is 3.57. The van der Waals surface area contributed by atoms with Gasteiger partial charge in [0.25, 0.3) is 5.89 Å². The normalized spacial score (nSPS) is 16.6. The summed E-state index contributed by atoms with van der Waals surface area (Å²) in [5.41, 5.74) is 7.04. The Morgan fingerprint density at radius 2 is 2.23 bits per heavy atom. The van der Waals surface area contributed by atoms with E-state index in [1.807, 2.05) is 36.8 Å². The summed E-state index contributed by atoms with van der Waals surface area (Å²) < 4.78 is 12.9. The summed E-state index contributed by atoms with van der Waals surface area (Å²) in [6, 6.07) is 5.86. The number of benzene rings is 1. The molecule has 1 atom stereocenters. The second-order valence-electron chi connectivity index (χ2n) is 7.28. The molecule has 5 aromatic rings. The number of nitrogens with zero attached hydrogens (tertiary/aromatic N) is 6. The maximum Gasteiger partial charge on any atom is 0.261 e. The van der Waals surface area contributed by atoms with Crippen LogP contribution >= 0.6 is 11.3 Å². The third-order valence-corrected chi connectivity index (χ3v) is 5.83. The topological polar surface area (TPSA) is 108 Å². The van der Waals surface area contributed by atoms with Gasteiger partial charge >= 0.3 is 0 Å². The number of rotatable bonds is 4. The van der Waals surface area contributed by atoms with Crippen molar-refractivity contribution in [3.8, 4) is 34.4 Å². The van der Waals surface area contributed by atoms with Crippen LogP contribution in [0.1, 0.15) is 18.0 Å². The first kappa shape index (κ1) is 17.5. The zero-order valence-corrected chi connectivity index (χ0v) is 16.9. The van der Waals surface area contributed by atoms with Crippen molar-refractivity contribution in [2.45, 2.75) is 12.3 Å². The van der Waals surface area contributed by atoms with Crippen molar-refractivity contribution in [1.29, 1.82) is 0 Å². The lowest BCUT2D eigenvalue weighted by atomic mass is 10.0. The van der Waals surface area contributed by atoms with Gasteiger partial charge in [0.2, 0.25) is 5.82 Å². The molecule has 10 heteroatoms. The molecule has 1 aromatic carbocycles. The zero-order chi connectivity index (χ0) is 20.1. The van der Waals surface area contributed by atoms with E-state index in [0.717, 1.165) is 52.4 Å². The van der Waals surface area contributed by atoms with E-state index >= 15 is 0 Å². The largest absolute Gasteiger partial charge is 0.381 e. The number of imidazole rings is 1. The van der Waals surface area contributed by atoms with E-state index in [2.05, 4.69) is 30.2 Å². The van der Waals surface area contributed by atoms with Crippen LogP contribution in [-0.2, 0) is 11.8 Å². The molecule has 1 aliphatic heterocycles. The molecular formula is C20H17N7O2S. The molecule has 1 saturated heterocycles. The summed E-state index contributed by atoms with van der Waals surface area (Å²) >= 11 is 1.54. The first-order chi connectivity index (χ1) is 14.7. The summed E-state index contributed by atoms with van der Waals surface area (Å²) in [6.45, 7) is 1.42. The molecular weight excluding hydrogens is 402 g/mol. The minimum Gasteiger partial charge on any atom is -0.381 e. The van der Waals surface area contributed by atoms with Gasteiger partial charge in [0, 0.05) is 36.7 Å². The van der Waals surface area contributed by atoms with Crippen LogP contribution in [0, 0.1) is 0 Å². The molecule has 1 fully saturated rings. The second kappa shape index (κ2) is 6.85. The van der Waals surface area contributed by atoms with Gasteiger partial charge in [-0.1, -0.05) is 5.16 Å². The van der Waals surface area contributed by atoms with Crippen LogP contribution in [-0.4, -0.2) is 48.1 Å². The van der Waals surface area contributed by atoms with Gasteiger partial charge < -0.3 is 14.2 Å². The number of H-pyrrole nitrogens is 1.